The van der Waals surface area contributed by atoms with Gasteiger partial charge in [0.25, 0.3) is 0 Å². The van der Waals surface area contributed by atoms with Gasteiger partial charge < -0.3 is 16.1 Å². The van der Waals surface area contributed by atoms with Crippen molar-refractivity contribution in [3.63, 3.8) is 0 Å². The van der Waals surface area contributed by atoms with Gasteiger partial charge in [-0.3, -0.25) is 9.99 Å². The molecule has 3 heterocycles. The number of hydrogen-bond acceptors (Lipinski definition) is 8. The van der Waals surface area contributed by atoms with Gasteiger partial charge in [0.15, 0.2) is 5.82 Å². The maximum absolute atomic E-state index is 13.9. The van der Waals surface area contributed by atoms with Gasteiger partial charge >= 0.3 is 0 Å². The highest BCUT2D eigenvalue weighted by atomic mass is 35.5. The summed E-state index contributed by atoms with van der Waals surface area (Å²) in [5.41, 5.74) is 7.67. The minimum absolute atomic E-state index is 0.0946. The van der Waals surface area contributed by atoms with Crippen molar-refractivity contribution in [1.29, 1.82) is 5.26 Å². The number of rotatable bonds is 6. The lowest BCUT2D eigenvalue weighted by Crippen LogP contribution is -2.47. The Morgan fingerprint density at radius 3 is 2.48 bits per heavy atom. The minimum atomic E-state index is -1.67. The summed E-state index contributed by atoms with van der Waals surface area (Å²) in [6.45, 7) is 5.95. The molecule has 0 spiro atoms. The van der Waals surface area contributed by atoms with Crippen LogP contribution in [-0.2, 0) is 0 Å². The molecule has 4 aromatic rings. The molecule has 0 saturated carbocycles. The highest BCUT2D eigenvalue weighted by Crippen LogP contribution is 2.37. The molecule has 204 valence electrons. The third kappa shape index (κ3) is 5.45. The second-order valence-electron chi connectivity index (χ2n) is 9.96. The van der Waals surface area contributed by atoms with Crippen molar-refractivity contribution in [2.24, 2.45) is 0 Å². The van der Waals surface area contributed by atoms with Crippen molar-refractivity contribution >= 4 is 39.6 Å². The molecule has 5 rings (SSSR count). The molecule has 2 aromatic carbocycles. The number of nitrogens with one attached hydrogen (secondary N) is 4. The second-order valence-corrected chi connectivity index (χ2v) is 10.4. The summed E-state index contributed by atoms with van der Waals surface area (Å²) >= 11 is 6.62. The van der Waals surface area contributed by atoms with Crippen LogP contribution in [0.15, 0.2) is 66.8 Å². The zero-order chi connectivity index (χ0) is 29.5. The van der Waals surface area contributed by atoms with E-state index in [9.17, 15) is 19.8 Å². The number of aromatic nitrogens is 2. The first-order valence-electron chi connectivity index (χ1n) is 12.6. The van der Waals surface area contributed by atoms with E-state index in [1.165, 1.54) is 30.5 Å². The SMILES string of the molecule is [2H][C@](Nc1cc(Cl)c2ncc(C#N)c(Nc3cnc(F)c(F)c3)c2c1)(C1=CN(C(C)(C)C)NN1)c1ccc(F)cc1. The number of fused-ring (bicyclic) bond motifs is 1. The molecule has 1 aliphatic heterocycles. The number of benzene rings is 2. The fourth-order valence-corrected chi connectivity index (χ4v) is 4.31. The quantitative estimate of drug-likeness (QED) is 0.198. The molecule has 40 heavy (non-hydrogen) atoms. The van der Waals surface area contributed by atoms with Crippen LogP contribution in [-0.4, -0.2) is 20.5 Å². The number of nitrogens with zero attached hydrogens (tertiary/aromatic N) is 4. The highest BCUT2D eigenvalue weighted by molar-refractivity contribution is 6.36. The maximum atomic E-state index is 13.9. The van der Waals surface area contributed by atoms with Gasteiger partial charge in [-0.25, -0.2) is 13.8 Å². The first-order valence-corrected chi connectivity index (χ1v) is 12.4. The first-order chi connectivity index (χ1) is 19.4. The molecule has 0 saturated heterocycles. The summed E-state index contributed by atoms with van der Waals surface area (Å²) in [4.78, 5) is 7.69. The van der Waals surface area contributed by atoms with Crippen molar-refractivity contribution in [2.45, 2.75) is 32.3 Å². The molecule has 0 fully saturated rings. The summed E-state index contributed by atoms with van der Waals surface area (Å²) in [6, 6.07) is 10.00. The number of halogens is 4. The molecule has 2 aromatic heterocycles. The maximum Gasteiger partial charge on any atom is 0.249 e. The van der Waals surface area contributed by atoms with Crippen molar-refractivity contribution in [2.75, 3.05) is 10.6 Å². The third-order valence-corrected chi connectivity index (χ3v) is 6.36. The Hall–Kier alpha value is -4.53. The van der Waals surface area contributed by atoms with E-state index in [1.807, 2.05) is 26.8 Å². The monoisotopic (exact) mass is 565 g/mol. The molecule has 0 radical (unpaired) electrons. The van der Waals surface area contributed by atoms with Gasteiger partial charge in [-0.1, -0.05) is 23.7 Å². The van der Waals surface area contributed by atoms with Gasteiger partial charge in [-0.05, 0) is 50.6 Å². The minimum Gasteiger partial charge on any atom is -0.373 e. The van der Waals surface area contributed by atoms with Gasteiger partial charge in [-0.15, -0.1) is 5.53 Å². The molecule has 12 heteroatoms. The molecule has 1 aliphatic rings. The van der Waals surface area contributed by atoms with E-state index in [-0.39, 0.29) is 27.5 Å². The summed E-state index contributed by atoms with van der Waals surface area (Å²) in [5.74, 6) is -2.88. The van der Waals surface area contributed by atoms with Crippen molar-refractivity contribution in [3.05, 3.63) is 100 Å². The summed E-state index contributed by atoms with van der Waals surface area (Å²) in [6.07, 6.45) is 4.14. The largest absolute Gasteiger partial charge is 0.373 e. The van der Waals surface area contributed by atoms with Crippen LogP contribution in [0.5, 0.6) is 0 Å². The van der Waals surface area contributed by atoms with E-state index >= 15 is 0 Å². The van der Waals surface area contributed by atoms with E-state index in [0.29, 0.717) is 27.9 Å². The normalized spacial score (nSPS) is 15.1. The third-order valence-electron chi connectivity index (χ3n) is 6.07. The van der Waals surface area contributed by atoms with E-state index in [1.54, 1.807) is 23.3 Å². The average molecular weight is 566 g/mol. The average Bonchev–Trinajstić information content (AvgIpc) is 3.44. The zero-order valence-corrected chi connectivity index (χ0v) is 22.3. The lowest BCUT2D eigenvalue weighted by Gasteiger charge is -2.30. The molecule has 0 aliphatic carbocycles. The van der Waals surface area contributed by atoms with Gasteiger partial charge in [0.2, 0.25) is 5.95 Å². The van der Waals surface area contributed by atoms with Crippen molar-refractivity contribution in [3.8, 4) is 6.07 Å². The van der Waals surface area contributed by atoms with Crippen LogP contribution in [0.4, 0.5) is 30.2 Å². The van der Waals surface area contributed by atoms with Crippen LogP contribution < -0.4 is 21.6 Å². The Morgan fingerprint density at radius 2 is 1.82 bits per heavy atom. The zero-order valence-electron chi connectivity index (χ0n) is 22.6. The summed E-state index contributed by atoms with van der Waals surface area (Å²) < 4.78 is 50.7. The fraction of sp³-hybridized carbons (Fsp3) is 0.179. The van der Waals surface area contributed by atoms with Crippen LogP contribution in [0.25, 0.3) is 10.9 Å². The van der Waals surface area contributed by atoms with Gasteiger partial charge in [-0.2, -0.15) is 9.65 Å². The smallest absolute Gasteiger partial charge is 0.249 e. The summed E-state index contributed by atoms with van der Waals surface area (Å²) in [5, 5.41) is 18.2. The lowest BCUT2D eigenvalue weighted by molar-refractivity contribution is 0.138. The predicted molar refractivity (Wildman–Crippen MR) is 148 cm³/mol. The van der Waals surface area contributed by atoms with Crippen LogP contribution in [0.3, 0.4) is 0 Å². The molecular formula is C28H24ClF3N8. The standard InChI is InChI=1S/C28H24ClF3N8/c1-28(2,3)40-14-23(38-39-40)25(15-4-6-17(30)7-5-15)36-18-8-20-24(37-19-10-22(31)27(32)35-13-19)16(11-33)12-34-26(20)21(29)9-18/h4-10,12-14,25,36,38-39H,1-3H3,(H,34,37)/t25-/m1/s1/i25D. The van der Waals surface area contributed by atoms with Gasteiger partial charge in [0.1, 0.15) is 11.9 Å². The van der Waals surface area contributed by atoms with Crippen molar-refractivity contribution < 1.29 is 14.5 Å². The molecule has 8 nitrogen and oxygen atoms in total. The predicted octanol–water partition coefficient (Wildman–Crippen LogP) is 6.43. The number of hydrogen-bond donors (Lipinski definition) is 4. The number of pyridine rings is 2. The Morgan fingerprint density at radius 1 is 1.07 bits per heavy atom. The molecule has 1 atom stereocenters. The number of anilines is 3. The molecule has 0 amide bonds. The fourth-order valence-electron chi connectivity index (χ4n) is 4.04. The van der Waals surface area contributed by atoms with Crippen LogP contribution in [0.2, 0.25) is 5.02 Å². The molecular weight excluding hydrogens is 541 g/mol. The Labute approximate surface area is 234 Å². The Kier molecular flexibility index (Phi) is 6.79. The molecule has 0 bridgehead atoms. The molecule has 4 N–H and O–H groups in total. The number of nitriles is 1. The van der Waals surface area contributed by atoms with E-state index in [4.69, 9.17) is 11.6 Å². The van der Waals surface area contributed by atoms with Crippen LogP contribution >= 0.6 is 11.6 Å². The Balaban J connectivity index is 1.64. The van der Waals surface area contributed by atoms with Gasteiger partial charge in [0, 0.05) is 35.1 Å². The van der Waals surface area contributed by atoms with Crippen LogP contribution in [0, 0.1) is 28.9 Å². The van der Waals surface area contributed by atoms with Crippen molar-refractivity contribution in [1.82, 2.24) is 25.9 Å². The first kappa shape index (κ1) is 25.7. The van der Waals surface area contributed by atoms with E-state index < -0.39 is 23.6 Å². The summed E-state index contributed by atoms with van der Waals surface area (Å²) in [7, 11) is 0. The molecule has 0 unspecified atom stereocenters. The Bertz CT molecular complexity index is 1720. The topological polar surface area (TPSA) is 101 Å². The number of hydrazine groups is 2. The lowest BCUT2D eigenvalue weighted by atomic mass is 10.0. The van der Waals surface area contributed by atoms with E-state index in [0.717, 1.165) is 12.3 Å². The second kappa shape index (κ2) is 10.6. The van der Waals surface area contributed by atoms with Crippen LogP contribution in [0.1, 0.15) is 39.3 Å². The van der Waals surface area contributed by atoms with Gasteiger partial charge in [0.05, 0.1) is 46.8 Å². The highest BCUT2D eigenvalue weighted by Gasteiger charge is 2.28. The van der Waals surface area contributed by atoms with E-state index in [2.05, 4.69) is 31.6 Å².